The van der Waals surface area contributed by atoms with Crippen molar-refractivity contribution < 1.29 is 9.53 Å². The minimum absolute atomic E-state index is 0.0639. The minimum atomic E-state index is -0.0639. The highest BCUT2D eigenvalue weighted by Crippen LogP contribution is 2.21. The predicted molar refractivity (Wildman–Crippen MR) is 76.9 cm³/mol. The average molecular weight is 314 g/mol. The van der Waals surface area contributed by atoms with Gasteiger partial charge in [0.1, 0.15) is 5.75 Å². The Labute approximate surface area is 117 Å². The van der Waals surface area contributed by atoms with Gasteiger partial charge in [0.25, 0.3) is 5.91 Å². The maximum atomic E-state index is 11.7. The van der Waals surface area contributed by atoms with Gasteiger partial charge in [0, 0.05) is 10.5 Å². The van der Waals surface area contributed by atoms with Gasteiger partial charge in [-0.05, 0) is 43.5 Å². The first-order valence-corrected chi connectivity index (χ1v) is 7.04. The third-order valence-corrected chi connectivity index (χ3v) is 3.34. The van der Waals surface area contributed by atoms with Gasteiger partial charge in [0.05, 0.1) is 0 Å². The number of nitrogens with one attached hydrogen (secondary N) is 1. The molecule has 0 bridgehead atoms. The summed E-state index contributed by atoms with van der Waals surface area (Å²) in [5, 5.41) is 2.94. The summed E-state index contributed by atoms with van der Waals surface area (Å²) in [4.78, 5) is 11.7. The molecule has 0 aliphatic carbocycles. The van der Waals surface area contributed by atoms with Gasteiger partial charge < -0.3 is 10.1 Å². The molecule has 0 aromatic heterocycles. The highest BCUT2D eigenvalue weighted by atomic mass is 79.9. The lowest BCUT2D eigenvalue weighted by atomic mass is 10.2. The zero-order valence-corrected chi connectivity index (χ0v) is 12.7. The predicted octanol–water partition coefficient (Wildman–Crippen LogP) is 3.44. The van der Waals surface area contributed by atoms with E-state index in [0.29, 0.717) is 0 Å². The average Bonchev–Trinajstić information content (AvgIpc) is 2.35. The van der Waals surface area contributed by atoms with Gasteiger partial charge in [-0.1, -0.05) is 29.8 Å². The Bertz CT molecular complexity index is 403. The molecule has 1 rings (SSSR count). The Morgan fingerprint density at radius 2 is 2.06 bits per heavy atom. The van der Waals surface area contributed by atoms with Crippen molar-refractivity contribution in [1.82, 2.24) is 5.32 Å². The smallest absolute Gasteiger partial charge is 0.258 e. The summed E-state index contributed by atoms with van der Waals surface area (Å²) in [7, 11) is 0. The molecule has 0 saturated heterocycles. The lowest BCUT2D eigenvalue weighted by Gasteiger charge is -2.15. The van der Waals surface area contributed by atoms with Crippen molar-refractivity contribution in [3.8, 4) is 5.75 Å². The van der Waals surface area contributed by atoms with E-state index >= 15 is 0 Å². The van der Waals surface area contributed by atoms with Gasteiger partial charge in [-0.2, -0.15) is 0 Å². The summed E-state index contributed by atoms with van der Waals surface area (Å²) in [6.45, 7) is 6.15. The fourth-order valence-electron chi connectivity index (χ4n) is 1.68. The molecule has 0 unspecified atom stereocenters. The van der Waals surface area contributed by atoms with E-state index in [1.807, 2.05) is 25.1 Å². The number of rotatable bonds is 6. The standard InChI is InChI=1S/C14H20BrNO2/c1-4-12(5-2)16-14(17)9-18-13-7-6-11(15)8-10(13)3/h6-8,12H,4-5,9H2,1-3H3,(H,16,17). The number of benzene rings is 1. The van der Waals surface area contributed by atoms with E-state index in [9.17, 15) is 4.79 Å². The normalized spacial score (nSPS) is 10.5. The zero-order chi connectivity index (χ0) is 13.5. The monoisotopic (exact) mass is 313 g/mol. The molecule has 0 aliphatic heterocycles. The molecule has 3 nitrogen and oxygen atoms in total. The number of carbonyl (C=O) groups is 1. The van der Waals surface area contributed by atoms with Crippen molar-refractivity contribution in [2.45, 2.75) is 39.7 Å². The largest absolute Gasteiger partial charge is 0.484 e. The molecule has 0 fully saturated rings. The number of amides is 1. The van der Waals surface area contributed by atoms with E-state index in [1.54, 1.807) is 0 Å². The van der Waals surface area contributed by atoms with Crippen LogP contribution in [0.2, 0.25) is 0 Å². The molecule has 18 heavy (non-hydrogen) atoms. The minimum Gasteiger partial charge on any atom is -0.484 e. The molecule has 0 spiro atoms. The van der Waals surface area contributed by atoms with Crippen LogP contribution in [0.5, 0.6) is 5.75 Å². The Balaban J connectivity index is 2.47. The first-order valence-electron chi connectivity index (χ1n) is 6.25. The number of halogens is 1. The summed E-state index contributed by atoms with van der Waals surface area (Å²) >= 11 is 3.39. The molecule has 0 saturated carbocycles. The van der Waals surface area contributed by atoms with E-state index in [4.69, 9.17) is 4.74 Å². The van der Waals surface area contributed by atoms with Crippen molar-refractivity contribution in [3.05, 3.63) is 28.2 Å². The second-order valence-corrected chi connectivity index (χ2v) is 5.20. The number of hydrogen-bond donors (Lipinski definition) is 1. The Morgan fingerprint density at radius 1 is 1.39 bits per heavy atom. The first kappa shape index (κ1) is 15.0. The molecule has 1 aromatic carbocycles. The molecule has 1 N–H and O–H groups in total. The Kier molecular flexibility index (Phi) is 6.19. The lowest BCUT2D eigenvalue weighted by Crippen LogP contribution is -2.37. The zero-order valence-electron chi connectivity index (χ0n) is 11.1. The van der Waals surface area contributed by atoms with E-state index in [0.717, 1.165) is 28.6 Å². The van der Waals surface area contributed by atoms with E-state index in [1.165, 1.54) is 0 Å². The molecule has 100 valence electrons. The second-order valence-electron chi connectivity index (χ2n) is 4.28. The van der Waals surface area contributed by atoms with Crippen LogP contribution >= 0.6 is 15.9 Å². The molecular formula is C14H20BrNO2. The summed E-state index contributed by atoms with van der Waals surface area (Å²) < 4.78 is 6.52. The molecule has 0 heterocycles. The van der Waals surface area contributed by atoms with Crippen molar-refractivity contribution >= 4 is 21.8 Å². The SMILES string of the molecule is CCC(CC)NC(=O)COc1ccc(Br)cc1C. The highest BCUT2D eigenvalue weighted by molar-refractivity contribution is 9.10. The lowest BCUT2D eigenvalue weighted by molar-refractivity contribution is -0.123. The fraction of sp³-hybridized carbons (Fsp3) is 0.500. The molecule has 0 radical (unpaired) electrons. The van der Waals surface area contributed by atoms with Crippen LogP contribution < -0.4 is 10.1 Å². The highest BCUT2D eigenvalue weighted by Gasteiger charge is 2.09. The Hall–Kier alpha value is -1.03. The van der Waals surface area contributed by atoms with Crippen molar-refractivity contribution in [2.75, 3.05) is 6.61 Å². The van der Waals surface area contributed by atoms with E-state index in [2.05, 4.69) is 35.1 Å². The van der Waals surface area contributed by atoms with Crippen molar-refractivity contribution in [2.24, 2.45) is 0 Å². The third-order valence-electron chi connectivity index (χ3n) is 2.85. The van der Waals surface area contributed by atoms with Gasteiger partial charge in [-0.3, -0.25) is 4.79 Å². The topological polar surface area (TPSA) is 38.3 Å². The van der Waals surface area contributed by atoms with E-state index < -0.39 is 0 Å². The van der Waals surface area contributed by atoms with Gasteiger partial charge in [0.2, 0.25) is 0 Å². The van der Waals surface area contributed by atoms with Gasteiger partial charge >= 0.3 is 0 Å². The molecule has 4 heteroatoms. The third kappa shape index (κ3) is 4.69. The number of carbonyl (C=O) groups excluding carboxylic acids is 1. The van der Waals surface area contributed by atoms with Crippen LogP contribution in [0, 0.1) is 6.92 Å². The molecule has 1 aromatic rings. The van der Waals surface area contributed by atoms with Crippen LogP contribution in [0.1, 0.15) is 32.3 Å². The second kappa shape index (κ2) is 7.41. The molecular weight excluding hydrogens is 294 g/mol. The quantitative estimate of drug-likeness (QED) is 0.873. The molecule has 0 atom stereocenters. The van der Waals surface area contributed by atoms with Crippen molar-refractivity contribution in [1.29, 1.82) is 0 Å². The van der Waals surface area contributed by atoms with Crippen LogP contribution in [-0.4, -0.2) is 18.6 Å². The van der Waals surface area contributed by atoms with Crippen LogP contribution in [-0.2, 0) is 4.79 Å². The number of hydrogen-bond acceptors (Lipinski definition) is 2. The Morgan fingerprint density at radius 3 is 2.61 bits per heavy atom. The number of ether oxygens (including phenoxy) is 1. The fourth-order valence-corrected chi connectivity index (χ4v) is 2.16. The molecule has 1 amide bonds. The summed E-state index contributed by atoms with van der Waals surface area (Å²) in [5.74, 6) is 0.684. The molecule has 0 aliphatic rings. The first-order chi connectivity index (χ1) is 8.56. The summed E-state index contributed by atoms with van der Waals surface area (Å²) in [6, 6.07) is 5.98. The van der Waals surface area contributed by atoms with Gasteiger partial charge in [0.15, 0.2) is 6.61 Å². The van der Waals surface area contributed by atoms with Gasteiger partial charge in [-0.15, -0.1) is 0 Å². The van der Waals surface area contributed by atoms with Crippen LogP contribution in [0.3, 0.4) is 0 Å². The maximum absolute atomic E-state index is 11.7. The van der Waals surface area contributed by atoms with Crippen LogP contribution in [0.25, 0.3) is 0 Å². The van der Waals surface area contributed by atoms with E-state index in [-0.39, 0.29) is 18.6 Å². The maximum Gasteiger partial charge on any atom is 0.258 e. The van der Waals surface area contributed by atoms with Gasteiger partial charge in [-0.25, -0.2) is 0 Å². The van der Waals surface area contributed by atoms with Crippen LogP contribution in [0.4, 0.5) is 0 Å². The number of aryl methyl sites for hydroxylation is 1. The summed E-state index contributed by atoms with van der Waals surface area (Å²) in [6.07, 6.45) is 1.89. The van der Waals surface area contributed by atoms with Crippen LogP contribution in [0.15, 0.2) is 22.7 Å². The summed E-state index contributed by atoms with van der Waals surface area (Å²) in [5.41, 5.74) is 1.01. The van der Waals surface area contributed by atoms with Crippen molar-refractivity contribution in [3.63, 3.8) is 0 Å².